The molecule has 34 heavy (non-hydrogen) atoms. The number of unbranched alkanes of at least 4 members (excludes halogenated alkanes) is 20. The number of quaternary nitrogens is 1. The molecule has 0 aliphatic heterocycles. The van der Waals surface area contributed by atoms with Gasteiger partial charge in [-0.25, -0.2) is 0 Å². The molecule has 0 rings (SSSR count). The maximum Gasteiger partial charge on any atom is 0.0786 e. The number of hydrogen-bond acceptors (Lipinski definition) is 0. The van der Waals surface area contributed by atoms with Crippen molar-refractivity contribution >= 4 is 0 Å². The van der Waals surface area contributed by atoms with E-state index in [0.717, 1.165) is 0 Å². The van der Waals surface area contributed by atoms with Crippen LogP contribution in [0.25, 0.3) is 0 Å². The first-order valence-electron chi connectivity index (χ1n) is 16.1. The Morgan fingerprint density at radius 2 is 0.441 bits per heavy atom. The summed E-state index contributed by atoms with van der Waals surface area (Å²) in [6.45, 7) is 15.3. The molecule has 0 spiro atoms. The first-order valence-corrected chi connectivity index (χ1v) is 16.1. The Hall–Kier alpha value is -0.110. The van der Waals surface area contributed by atoms with E-state index in [1.54, 1.807) is 0 Å². The Labute approximate surface area is 217 Å². The third-order valence-corrected chi connectivity index (χ3v) is 7.94. The minimum Gasteiger partial charge on any atom is -1.00 e. The van der Waals surface area contributed by atoms with E-state index < -0.39 is 0 Å². The summed E-state index contributed by atoms with van der Waals surface area (Å²) in [6, 6.07) is 0. The highest BCUT2D eigenvalue weighted by Gasteiger charge is 2.25. The van der Waals surface area contributed by atoms with E-state index in [-0.39, 0.29) is 4.70 Å². The minimum atomic E-state index is 0. The van der Waals surface area contributed by atoms with Crippen LogP contribution in [0.15, 0.2) is 0 Å². The Morgan fingerprint density at radius 1 is 0.265 bits per heavy atom. The van der Waals surface area contributed by atoms with Crippen LogP contribution in [0.4, 0.5) is 0 Å². The average molecular weight is 486 g/mol. The fourth-order valence-corrected chi connectivity index (χ4v) is 5.58. The largest absolute Gasteiger partial charge is 1.00 e. The van der Waals surface area contributed by atoms with Gasteiger partial charge in [-0.05, 0) is 51.4 Å². The van der Waals surface area contributed by atoms with Gasteiger partial charge < -0.3 is 9.19 Å². The highest BCUT2D eigenvalue weighted by atomic mass is 19.0. The summed E-state index contributed by atoms with van der Waals surface area (Å²) in [5.74, 6) is 0. The van der Waals surface area contributed by atoms with Crippen LogP contribution in [0.2, 0.25) is 0 Å². The molecule has 0 bridgehead atoms. The van der Waals surface area contributed by atoms with Crippen LogP contribution >= 0.6 is 0 Å². The molecule has 0 aromatic rings. The fourth-order valence-electron chi connectivity index (χ4n) is 5.58. The summed E-state index contributed by atoms with van der Waals surface area (Å²) in [5.41, 5.74) is 0. The van der Waals surface area contributed by atoms with Gasteiger partial charge in [-0.15, -0.1) is 0 Å². The molecule has 0 aromatic heterocycles. The molecule has 0 aliphatic carbocycles. The zero-order chi connectivity index (χ0) is 24.3. The molecule has 1 nitrogen and oxygen atoms in total. The Kier molecular flexibility index (Phi) is 30.9. The maximum absolute atomic E-state index is 2.34. The molecule has 0 radical (unpaired) electrons. The smallest absolute Gasteiger partial charge is 0.0786 e. The molecule has 0 saturated carbocycles. The molecule has 208 valence electrons. The summed E-state index contributed by atoms with van der Waals surface area (Å²) in [4.78, 5) is 0. The van der Waals surface area contributed by atoms with Gasteiger partial charge in [0.25, 0.3) is 0 Å². The molecular weight excluding hydrogens is 417 g/mol. The van der Waals surface area contributed by atoms with E-state index in [1.165, 1.54) is 185 Å². The topological polar surface area (TPSA) is 0 Å². The second kappa shape index (κ2) is 29.1. The zero-order valence-corrected chi connectivity index (χ0v) is 24.6. The lowest BCUT2D eigenvalue weighted by Gasteiger charge is -2.40. The summed E-state index contributed by atoms with van der Waals surface area (Å²) in [6.07, 6.45) is 34.8. The molecular formula is C32H68FN. The van der Waals surface area contributed by atoms with Crippen LogP contribution in [0.5, 0.6) is 0 Å². The highest BCUT2D eigenvalue weighted by Crippen LogP contribution is 2.20. The van der Waals surface area contributed by atoms with Crippen LogP contribution in [0.3, 0.4) is 0 Å². The first kappa shape index (κ1) is 36.0. The van der Waals surface area contributed by atoms with Gasteiger partial charge in [0, 0.05) is 0 Å². The van der Waals surface area contributed by atoms with Crippen LogP contribution in [0, 0.1) is 0 Å². The normalized spacial score (nSPS) is 11.6. The number of halogens is 1. The van der Waals surface area contributed by atoms with E-state index in [0.29, 0.717) is 0 Å². The van der Waals surface area contributed by atoms with E-state index in [9.17, 15) is 0 Å². The molecule has 0 aliphatic rings. The Bertz CT molecular complexity index is 287. The van der Waals surface area contributed by atoms with Gasteiger partial charge in [0.15, 0.2) is 0 Å². The summed E-state index contributed by atoms with van der Waals surface area (Å²) in [5, 5.41) is 0. The van der Waals surface area contributed by atoms with E-state index in [4.69, 9.17) is 0 Å². The molecule has 0 fully saturated rings. The quantitative estimate of drug-likeness (QED) is 0.0773. The van der Waals surface area contributed by atoms with Crippen LogP contribution in [0.1, 0.15) is 182 Å². The van der Waals surface area contributed by atoms with Crippen molar-refractivity contribution in [2.45, 2.75) is 182 Å². The van der Waals surface area contributed by atoms with E-state index in [1.807, 2.05) is 0 Å². The highest BCUT2D eigenvalue weighted by molar-refractivity contribution is 4.55. The molecule has 0 saturated heterocycles. The molecule has 0 N–H and O–H groups in total. The predicted octanol–water partition coefficient (Wildman–Crippen LogP) is 8.25. The lowest BCUT2D eigenvalue weighted by Crippen LogP contribution is -3.00. The number of rotatable bonds is 28. The SMILES string of the molecule is CCCCCCCC[N+](CCCCCCCC)(CCCCCCCC)CCCCCCCC.[F-]. The first-order chi connectivity index (χ1) is 16.2. The third-order valence-electron chi connectivity index (χ3n) is 7.94. The van der Waals surface area contributed by atoms with Crippen molar-refractivity contribution in [3.05, 3.63) is 0 Å². The Balaban J connectivity index is 0. The van der Waals surface area contributed by atoms with Gasteiger partial charge >= 0.3 is 0 Å². The van der Waals surface area contributed by atoms with Gasteiger partial charge in [-0.1, -0.05) is 130 Å². The average Bonchev–Trinajstić information content (AvgIpc) is 2.83. The van der Waals surface area contributed by atoms with Gasteiger partial charge in [0.1, 0.15) is 0 Å². The minimum absolute atomic E-state index is 0. The van der Waals surface area contributed by atoms with Crippen molar-refractivity contribution in [2.75, 3.05) is 26.2 Å². The van der Waals surface area contributed by atoms with Crippen LogP contribution in [-0.2, 0) is 0 Å². The molecule has 2 heteroatoms. The van der Waals surface area contributed by atoms with E-state index in [2.05, 4.69) is 27.7 Å². The standard InChI is InChI=1S/C32H68N.FH/c1-5-9-13-17-21-25-29-33(30-26-22-18-14-10-6-2,31-27-23-19-15-11-7-3)32-28-24-20-16-12-8-4;/h5-32H2,1-4H3;1H/q+1;/p-1. The van der Waals surface area contributed by atoms with Crippen molar-refractivity contribution in [1.29, 1.82) is 0 Å². The second-order valence-electron chi connectivity index (χ2n) is 11.3. The monoisotopic (exact) mass is 486 g/mol. The molecule has 0 amide bonds. The van der Waals surface area contributed by atoms with Gasteiger partial charge in [0.05, 0.1) is 26.2 Å². The van der Waals surface area contributed by atoms with Gasteiger partial charge in [-0.3, -0.25) is 0 Å². The van der Waals surface area contributed by atoms with Crippen molar-refractivity contribution in [3.63, 3.8) is 0 Å². The second-order valence-corrected chi connectivity index (χ2v) is 11.3. The maximum atomic E-state index is 2.34. The van der Waals surface area contributed by atoms with E-state index >= 15 is 0 Å². The van der Waals surface area contributed by atoms with Crippen molar-refractivity contribution in [2.24, 2.45) is 0 Å². The van der Waals surface area contributed by atoms with Crippen LogP contribution < -0.4 is 4.70 Å². The summed E-state index contributed by atoms with van der Waals surface area (Å²) < 4.78 is 1.48. The molecule has 0 unspecified atom stereocenters. The van der Waals surface area contributed by atoms with Gasteiger partial charge in [0.2, 0.25) is 0 Å². The molecule has 0 atom stereocenters. The molecule has 0 aromatic carbocycles. The lowest BCUT2D eigenvalue weighted by atomic mass is 10.0. The van der Waals surface area contributed by atoms with Gasteiger partial charge in [-0.2, -0.15) is 0 Å². The third kappa shape index (κ3) is 23.6. The van der Waals surface area contributed by atoms with Crippen molar-refractivity contribution in [3.8, 4) is 0 Å². The van der Waals surface area contributed by atoms with Crippen LogP contribution in [-0.4, -0.2) is 30.7 Å². The zero-order valence-electron chi connectivity index (χ0n) is 24.6. The number of nitrogens with zero attached hydrogens (tertiary/aromatic N) is 1. The lowest BCUT2D eigenvalue weighted by molar-refractivity contribution is -0.929. The van der Waals surface area contributed by atoms with Crippen molar-refractivity contribution < 1.29 is 9.19 Å². The number of hydrogen-bond donors (Lipinski definition) is 0. The fraction of sp³-hybridized carbons (Fsp3) is 1.00. The summed E-state index contributed by atoms with van der Waals surface area (Å²) in [7, 11) is 0. The van der Waals surface area contributed by atoms with Crippen molar-refractivity contribution in [1.82, 2.24) is 0 Å². The Morgan fingerprint density at radius 3 is 0.647 bits per heavy atom. The molecule has 0 heterocycles. The predicted molar refractivity (Wildman–Crippen MR) is 153 cm³/mol. The summed E-state index contributed by atoms with van der Waals surface area (Å²) >= 11 is 0.